The maximum atomic E-state index is 12.9. The Bertz CT molecular complexity index is 812. The van der Waals surface area contributed by atoms with Gasteiger partial charge in [-0.2, -0.15) is 0 Å². The summed E-state index contributed by atoms with van der Waals surface area (Å²) in [5, 5.41) is 0. The van der Waals surface area contributed by atoms with Gasteiger partial charge in [0.15, 0.2) is 0 Å². The predicted octanol–water partition coefficient (Wildman–Crippen LogP) is 2.47. The first-order chi connectivity index (χ1) is 12.2. The van der Waals surface area contributed by atoms with Crippen LogP contribution in [-0.4, -0.2) is 49.8 Å². The highest BCUT2D eigenvalue weighted by atomic mass is 16.2. The second kappa shape index (κ2) is 5.58. The third-order valence-corrected chi connectivity index (χ3v) is 6.10. The lowest BCUT2D eigenvalue weighted by molar-refractivity contribution is -0.128. The molecule has 25 heavy (non-hydrogen) atoms. The van der Waals surface area contributed by atoms with E-state index >= 15 is 0 Å². The second-order valence-corrected chi connectivity index (χ2v) is 7.49. The molecule has 0 aromatic carbocycles. The van der Waals surface area contributed by atoms with Crippen molar-refractivity contribution in [2.45, 2.75) is 50.6 Å². The van der Waals surface area contributed by atoms with E-state index in [-0.39, 0.29) is 24.0 Å². The predicted molar refractivity (Wildman–Crippen MR) is 92.0 cm³/mol. The van der Waals surface area contributed by atoms with E-state index in [1.54, 1.807) is 0 Å². The van der Waals surface area contributed by atoms with Crippen molar-refractivity contribution in [1.82, 2.24) is 19.2 Å². The average Bonchev–Trinajstić information content (AvgIpc) is 3.27. The van der Waals surface area contributed by atoms with E-state index in [1.807, 2.05) is 39.9 Å². The van der Waals surface area contributed by atoms with Crippen molar-refractivity contribution >= 4 is 17.6 Å². The van der Waals surface area contributed by atoms with Gasteiger partial charge in [-0.1, -0.05) is 18.9 Å². The number of aromatic nitrogens is 2. The lowest BCUT2D eigenvalue weighted by atomic mass is 9.84. The molecule has 3 amide bonds. The summed E-state index contributed by atoms with van der Waals surface area (Å²) in [6.07, 6.45) is 10.0. The minimum absolute atomic E-state index is 0.00293. The molecule has 4 heterocycles. The number of nitrogens with zero attached hydrogens (tertiary/aromatic N) is 4. The standard InChI is InChI=1S/C19H22N4O2/c24-18-16-11-13-5-1-2-6-15(13)23(16)19(25)22(18)10-8-14-12-21-9-4-3-7-17(21)20-14/h3-4,7,9,12-13,15-16H,1-2,5-6,8,10-11H2. The van der Waals surface area contributed by atoms with Gasteiger partial charge < -0.3 is 9.30 Å². The molecule has 2 saturated heterocycles. The molecule has 2 aromatic heterocycles. The summed E-state index contributed by atoms with van der Waals surface area (Å²) >= 11 is 0. The van der Waals surface area contributed by atoms with Gasteiger partial charge in [0.2, 0.25) is 0 Å². The molecule has 3 aliphatic rings. The lowest BCUT2D eigenvalue weighted by Gasteiger charge is -2.30. The van der Waals surface area contributed by atoms with Crippen LogP contribution in [0.5, 0.6) is 0 Å². The highest BCUT2D eigenvalue weighted by Crippen LogP contribution is 2.43. The van der Waals surface area contributed by atoms with Crippen molar-refractivity contribution in [3.05, 3.63) is 36.3 Å². The smallest absolute Gasteiger partial charge is 0.309 e. The monoisotopic (exact) mass is 338 g/mol. The maximum absolute atomic E-state index is 12.9. The summed E-state index contributed by atoms with van der Waals surface area (Å²) in [4.78, 5) is 33.5. The summed E-state index contributed by atoms with van der Waals surface area (Å²) in [5.41, 5.74) is 1.80. The molecule has 0 bridgehead atoms. The van der Waals surface area contributed by atoms with Gasteiger partial charge in [-0.25, -0.2) is 9.78 Å². The molecular formula is C19H22N4O2. The minimum atomic E-state index is -0.207. The molecule has 3 unspecified atom stereocenters. The number of imidazole rings is 1. The van der Waals surface area contributed by atoms with Crippen LogP contribution in [0.1, 0.15) is 37.8 Å². The van der Waals surface area contributed by atoms with Gasteiger partial charge in [0.25, 0.3) is 5.91 Å². The SMILES string of the molecule is O=C1C2CC3CCCCC3N2C(=O)N1CCc1cn2ccccc2n1. The highest BCUT2D eigenvalue weighted by Gasteiger charge is 2.55. The molecule has 3 fully saturated rings. The Hall–Kier alpha value is -2.37. The fourth-order valence-corrected chi connectivity index (χ4v) is 4.91. The fourth-order valence-electron chi connectivity index (χ4n) is 4.91. The lowest BCUT2D eigenvalue weighted by Crippen LogP contribution is -2.41. The van der Waals surface area contributed by atoms with Crippen molar-refractivity contribution in [3.63, 3.8) is 0 Å². The van der Waals surface area contributed by atoms with E-state index in [1.165, 1.54) is 24.2 Å². The number of urea groups is 1. The summed E-state index contributed by atoms with van der Waals surface area (Å²) in [7, 11) is 0. The van der Waals surface area contributed by atoms with Crippen molar-refractivity contribution in [2.75, 3.05) is 6.54 Å². The second-order valence-electron chi connectivity index (χ2n) is 7.49. The maximum Gasteiger partial charge on any atom is 0.327 e. The van der Waals surface area contributed by atoms with Gasteiger partial charge in [-0.3, -0.25) is 9.69 Å². The quantitative estimate of drug-likeness (QED) is 0.808. The molecule has 3 atom stereocenters. The molecule has 2 aliphatic heterocycles. The van der Waals surface area contributed by atoms with E-state index in [9.17, 15) is 9.59 Å². The number of pyridine rings is 1. The molecule has 6 heteroatoms. The molecule has 2 aromatic rings. The number of carbonyl (C=O) groups is 2. The van der Waals surface area contributed by atoms with E-state index in [2.05, 4.69) is 4.98 Å². The molecule has 0 N–H and O–H groups in total. The first-order valence-electron chi connectivity index (χ1n) is 9.28. The van der Waals surface area contributed by atoms with Crippen LogP contribution >= 0.6 is 0 Å². The number of hydrogen-bond donors (Lipinski definition) is 0. The van der Waals surface area contributed by atoms with Gasteiger partial charge in [-0.05, 0) is 37.3 Å². The number of fused-ring (bicyclic) bond motifs is 4. The van der Waals surface area contributed by atoms with Crippen LogP contribution in [0, 0.1) is 5.92 Å². The third-order valence-electron chi connectivity index (χ3n) is 6.10. The van der Waals surface area contributed by atoms with Crippen LogP contribution in [0.2, 0.25) is 0 Å². The Kier molecular flexibility index (Phi) is 3.33. The highest BCUT2D eigenvalue weighted by molar-refractivity contribution is 6.04. The van der Waals surface area contributed by atoms with E-state index in [0.717, 1.165) is 24.2 Å². The Morgan fingerprint density at radius 1 is 1.16 bits per heavy atom. The van der Waals surface area contributed by atoms with Crippen LogP contribution in [0.15, 0.2) is 30.6 Å². The number of carbonyl (C=O) groups excluding carboxylic acids is 2. The van der Waals surface area contributed by atoms with E-state index in [0.29, 0.717) is 18.9 Å². The normalized spacial score (nSPS) is 28.7. The number of imide groups is 1. The van der Waals surface area contributed by atoms with E-state index in [4.69, 9.17) is 0 Å². The van der Waals surface area contributed by atoms with E-state index < -0.39 is 0 Å². The molecule has 130 valence electrons. The van der Waals surface area contributed by atoms with Gasteiger partial charge in [0, 0.05) is 31.4 Å². The first-order valence-corrected chi connectivity index (χ1v) is 9.28. The Morgan fingerprint density at radius 3 is 2.92 bits per heavy atom. The molecule has 0 spiro atoms. The zero-order valence-electron chi connectivity index (χ0n) is 14.2. The van der Waals surface area contributed by atoms with Crippen molar-refractivity contribution < 1.29 is 9.59 Å². The number of amides is 3. The topological polar surface area (TPSA) is 57.9 Å². The molecule has 5 rings (SSSR count). The zero-order chi connectivity index (χ0) is 17.0. The summed E-state index contributed by atoms with van der Waals surface area (Å²) in [6.45, 7) is 0.423. The van der Waals surface area contributed by atoms with Gasteiger partial charge >= 0.3 is 6.03 Å². The van der Waals surface area contributed by atoms with Gasteiger partial charge in [0.05, 0.1) is 5.69 Å². The number of hydrogen-bond acceptors (Lipinski definition) is 3. The Labute approximate surface area is 146 Å². The van der Waals surface area contributed by atoms with Crippen LogP contribution in [0.3, 0.4) is 0 Å². The molecule has 0 radical (unpaired) electrons. The minimum Gasteiger partial charge on any atom is -0.309 e. The molecule has 1 aliphatic carbocycles. The van der Waals surface area contributed by atoms with Gasteiger partial charge in [-0.15, -0.1) is 0 Å². The van der Waals surface area contributed by atoms with Crippen LogP contribution in [-0.2, 0) is 11.2 Å². The van der Waals surface area contributed by atoms with Crippen LogP contribution < -0.4 is 0 Å². The van der Waals surface area contributed by atoms with Crippen molar-refractivity contribution in [2.24, 2.45) is 5.92 Å². The largest absolute Gasteiger partial charge is 0.327 e. The van der Waals surface area contributed by atoms with Crippen LogP contribution in [0.25, 0.3) is 5.65 Å². The summed E-state index contributed by atoms with van der Waals surface area (Å²) in [5.74, 6) is 0.537. The molecule has 1 saturated carbocycles. The summed E-state index contributed by atoms with van der Waals surface area (Å²) in [6, 6.07) is 5.87. The van der Waals surface area contributed by atoms with Crippen molar-refractivity contribution in [1.29, 1.82) is 0 Å². The average molecular weight is 338 g/mol. The first kappa shape index (κ1) is 14.9. The van der Waals surface area contributed by atoms with Crippen LogP contribution in [0.4, 0.5) is 4.79 Å². The summed E-state index contributed by atoms with van der Waals surface area (Å²) < 4.78 is 1.97. The third kappa shape index (κ3) is 2.27. The molecular weight excluding hydrogens is 316 g/mol. The zero-order valence-corrected chi connectivity index (χ0v) is 14.2. The van der Waals surface area contributed by atoms with Gasteiger partial charge in [0.1, 0.15) is 11.7 Å². The van der Waals surface area contributed by atoms with Crippen molar-refractivity contribution in [3.8, 4) is 0 Å². The fraction of sp³-hybridized carbons (Fsp3) is 0.526. The molecule has 6 nitrogen and oxygen atoms in total. The number of rotatable bonds is 3. The Balaban J connectivity index is 1.32. The Morgan fingerprint density at radius 2 is 2.04 bits per heavy atom.